The van der Waals surface area contributed by atoms with Crippen LogP contribution >= 0.6 is 11.8 Å². The van der Waals surface area contributed by atoms with Gasteiger partial charge in [0.1, 0.15) is 6.54 Å². The summed E-state index contributed by atoms with van der Waals surface area (Å²) in [5.74, 6) is 1.17. The fourth-order valence-corrected chi connectivity index (χ4v) is 3.41. The van der Waals surface area contributed by atoms with Gasteiger partial charge in [0.25, 0.3) is 0 Å². The minimum Gasteiger partial charge on any atom is -0.359 e. The molecule has 0 aromatic rings. The Balaban J connectivity index is 1.88. The number of nitrogens with zero attached hydrogens (tertiary/aromatic N) is 2. The van der Waals surface area contributed by atoms with Gasteiger partial charge in [0.15, 0.2) is 5.17 Å². The minimum absolute atomic E-state index is 0.0577. The number of amidine groups is 1. The second kappa shape index (κ2) is 4.65. The Labute approximate surface area is 101 Å². The molecular formula is C11H19N3OS. The molecule has 4 nitrogen and oxygen atoms in total. The number of hydrogen-bond donors (Lipinski definition) is 1. The van der Waals surface area contributed by atoms with Gasteiger partial charge in [0.2, 0.25) is 5.91 Å². The molecule has 1 heterocycles. The summed E-state index contributed by atoms with van der Waals surface area (Å²) in [6.07, 6.45) is 5.14. The first-order valence-electron chi connectivity index (χ1n) is 5.77. The van der Waals surface area contributed by atoms with Crippen molar-refractivity contribution in [2.75, 3.05) is 26.4 Å². The van der Waals surface area contributed by atoms with Crippen LogP contribution in [0.4, 0.5) is 0 Å². The topological polar surface area (TPSA) is 44.7 Å². The Hall–Kier alpha value is -0.710. The predicted molar refractivity (Wildman–Crippen MR) is 67.8 cm³/mol. The number of carbonyl (C=O) groups is 1. The van der Waals surface area contributed by atoms with E-state index in [4.69, 9.17) is 0 Å². The summed E-state index contributed by atoms with van der Waals surface area (Å²) in [4.78, 5) is 17.3. The number of rotatable bonds is 2. The third kappa shape index (κ3) is 2.51. The average molecular weight is 241 g/mol. The van der Waals surface area contributed by atoms with E-state index in [0.717, 1.165) is 10.9 Å². The highest BCUT2D eigenvalue weighted by Crippen LogP contribution is 2.37. The van der Waals surface area contributed by atoms with Gasteiger partial charge in [-0.05, 0) is 12.8 Å². The molecule has 1 spiro atoms. The highest BCUT2D eigenvalue weighted by molar-refractivity contribution is 8.14. The molecule has 0 aromatic heterocycles. The molecular weight excluding hydrogens is 222 g/mol. The van der Waals surface area contributed by atoms with Gasteiger partial charge >= 0.3 is 0 Å². The van der Waals surface area contributed by atoms with Crippen molar-refractivity contribution in [2.24, 2.45) is 4.99 Å². The summed E-state index contributed by atoms with van der Waals surface area (Å²) >= 11 is 1.76. The zero-order valence-corrected chi connectivity index (χ0v) is 10.8. The molecule has 2 fully saturated rings. The molecule has 0 bridgehead atoms. The third-order valence-electron chi connectivity index (χ3n) is 3.27. The summed E-state index contributed by atoms with van der Waals surface area (Å²) in [5, 5.41) is 4.46. The maximum absolute atomic E-state index is 11.4. The Morgan fingerprint density at radius 1 is 1.50 bits per heavy atom. The highest BCUT2D eigenvalue weighted by Gasteiger charge is 2.39. The van der Waals surface area contributed by atoms with E-state index in [1.54, 1.807) is 30.8 Å². The Morgan fingerprint density at radius 3 is 2.81 bits per heavy atom. The summed E-state index contributed by atoms with van der Waals surface area (Å²) in [7, 11) is 3.52. The fourth-order valence-electron chi connectivity index (χ4n) is 2.19. The molecule has 0 atom stereocenters. The monoisotopic (exact) mass is 241 g/mol. The molecule has 1 saturated heterocycles. The molecule has 0 aromatic carbocycles. The zero-order valence-electron chi connectivity index (χ0n) is 9.95. The minimum atomic E-state index is 0.0577. The lowest BCUT2D eigenvalue weighted by Gasteiger charge is -2.21. The first kappa shape index (κ1) is 11.8. The van der Waals surface area contributed by atoms with Crippen LogP contribution in [0.2, 0.25) is 0 Å². The fraction of sp³-hybridized carbons (Fsp3) is 0.818. The van der Waals surface area contributed by atoms with Crippen LogP contribution in [0.3, 0.4) is 0 Å². The van der Waals surface area contributed by atoms with Gasteiger partial charge in [-0.3, -0.25) is 9.79 Å². The number of amides is 1. The third-order valence-corrected chi connectivity index (χ3v) is 4.48. The van der Waals surface area contributed by atoms with E-state index in [1.807, 2.05) is 0 Å². The van der Waals surface area contributed by atoms with Gasteiger partial charge in [0.05, 0.1) is 0 Å². The van der Waals surface area contributed by atoms with E-state index in [0.29, 0.717) is 5.54 Å². The van der Waals surface area contributed by atoms with Crippen LogP contribution in [-0.4, -0.2) is 47.9 Å². The van der Waals surface area contributed by atoms with E-state index < -0.39 is 0 Å². The lowest BCUT2D eigenvalue weighted by molar-refractivity contribution is -0.127. The zero-order chi connectivity index (χ0) is 11.6. The first-order valence-corrected chi connectivity index (χ1v) is 6.75. The summed E-state index contributed by atoms with van der Waals surface area (Å²) in [6.45, 7) is 0.262. The van der Waals surface area contributed by atoms with E-state index in [-0.39, 0.29) is 12.5 Å². The van der Waals surface area contributed by atoms with Gasteiger partial charge in [0, 0.05) is 25.4 Å². The van der Waals surface area contributed by atoms with Crippen LogP contribution in [-0.2, 0) is 4.79 Å². The summed E-state index contributed by atoms with van der Waals surface area (Å²) in [5.41, 5.74) is 0.296. The maximum Gasteiger partial charge on any atom is 0.243 e. The molecule has 1 aliphatic heterocycles. The van der Waals surface area contributed by atoms with Crippen molar-refractivity contribution < 1.29 is 4.79 Å². The van der Waals surface area contributed by atoms with Crippen LogP contribution in [0, 0.1) is 0 Å². The Morgan fingerprint density at radius 2 is 2.19 bits per heavy atom. The first-order chi connectivity index (χ1) is 7.61. The lowest BCUT2D eigenvalue weighted by atomic mass is 10.0. The second-order valence-corrected chi connectivity index (χ2v) is 5.77. The number of thioether (sulfide) groups is 1. The standard InChI is InChI=1S/C11H19N3OS/c1-14(2)9(15)7-12-10-13-11(8-16-10)5-3-4-6-11/h3-8H2,1-2H3,(H,12,13). The smallest absolute Gasteiger partial charge is 0.243 e. The molecule has 1 aliphatic carbocycles. The largest absolute Gasteiger partial charge is 0.359 e. The molecule has 2 aliphatic rings. The predicted octanol–water partition coefficient (Wildman–Crippen LogP) is 1.08. The number of carbonyl (C=O) groups excluding carboxylic acids is 1. The molecule has 0 unspecified atom stereocenters. The second-order valence-electron chi connectivity index (χ2n) is 4.81. The quantitative estimate of drug-likeness (QED) is 0.787. The molecule has 1 saturated carbocycles. The highest BCUT2D eigenvalue weighted by atomic mass is 32.2. The molecule has 0 radical (unpaired) electrons. The normalized spacial score (nSPS) is 25.0. The van der Waals surface area contributed by atoms with Crippen molar-refractivity contribution >= 4 is 22.8 Å². The molecule has 16 heavy (non-hydrogen) atoms. The SMILES string of the molecule is CN(C)C(=O)CN=C1NC2(CCCC2)CS1. The van der Waals surface area contributed by atoms with E-state index in [1.165, 1.54) is 25.7 Å². The number of aliphatic imine (C=N–C) groups is 1. The van der Waals surface area contributed by atoms with Gasteiger partial charge in [-0.15, -0.1) is 0 Å². The molecule has 2 rings (SSSR count). The van der Waals surface area contributed by atoms with Crippen LogP contribution in [0.1, 0.15) is 25.7 Å². The van der Waals surface area contributed by atoms with Gasteiger partial charge < -0.3 is 10.2 Å². The number of hydrogen-bond acceptors (Lipinski definition) is 3. The van der Waals surface area contributed by atoms with Crippen molar-refractivity contribution in [1.29, 1.82) is 0 Å². The Bertz CT molecular complexity index is 308. The van der Waals surface area contributed by atoms with E-state index in [2.05, 4.69) is 10.3 Å². The molecule has 1 N–H and O–H groups in total. The van der Waals surface area contributed by atoms with E-state index >= 15 is 0 Å². The van der Waals surface area contributed by atoms with Crippen LogP contribution in [0.15, 0.2) is 4.99 Å². The summed E-state index contributed by atoms with van der Waals surface area (Å²) in [6, 6.07) is 0. The van der Waals surface area contributed by atoms with E-state index in [9.17, 15) is 4.79 Å². The van der Waals surface area contributed by atoms with Crippen molar-refractivity contribution in [3.8, 4) is 0 Å². The van der Waals surface area contributed by atoms with Gasteiger partial charge in [-0.25, -0.2) is 0 Å². The van der Waals surface area contributed by atoms with Gasteiger partial charge in [-0.2, -0.15) is 0 Å². The van der Waals surface area contributed by atoms with Crippen molar-refractivity contribution in [3.63, 3.8) is 0 Å². The van der Waals surface area contributed by atoms with Crippen molar-refractivity contribution in [1.82, 2.24) is 10.2 Å². The van der Waals surface area contributed by atoms with Crippen LogP contribution < -0.4 is 5.32 Å². The van der Waals surface area contributed by atoms with Gasteiger partial charge in [-0.1, -0.05) is 24.6 Å². The summed E-state index contributed by atoms with van der Waals surface area (Å²) < 4.78 is 0. The lowest BCUT2D eigenvalue weighted by Crippen LogP contribution is -2.40. The van der Waals surface area contributed by atoms with Crippen LogP contribution in [0.5, 0.6) is 0 Å². The number of likely N-dealkylation sites (N-methyl/N-ethyl adjacent to an activating group) is 1. The average Bonchev–Trinajstić information content (AvgIpc) is 2.86. The van der Waals surface area contributed by atoms with Crippen molar-refractivity contribution in [3.05, 3.63) is 0 Å². The van der Waals surface area contributed by atoms with Crippen LogP contribution in [0.25, 0.3) is 0 Å². The molecule has 5 heteroatoms. The maximum atomic E-state index is 11.4. The molecule has 90 valence electrons. The molecule has 1 amide bonds. The number of nitrogens with one attached hydrogen (secondary N) is 1. The van der Waals surface area contributed by atoms with Crippen molar-refractivity contribution in [2.45, 2.75) is 31.2 Å². The Kier molecular flexibility index (Phi) is 3.42.